The van der Waals surface area contributed by atoms with Crippen LogP contribution in [-0.4, -0.2) is 32.4 Å². The number of hydrogen-bond acceptors (Lipinski definition) is 5. The first-order valence-corrected chi connectivity index (χ1v) is 6.92. The van der Waals surface area contributed by atoms with Crippen LogP contribution < -0.4 is 15.8 Å². The van der Waals surface area contributed by atoms with Crippen LogP contribution in [0.3, 0.4) is 0 Å². The highest BCUT2D eigenvalue weighted by Gasteiger charge is 2.15. The van der Waals surface area contributed by atoms with Crippen LogP contribution in [-0.2, 0) is 14.8 Å². The van der Waals surface area contributed by atoms with E-state index in [2.05, 4.69) is 15.0 Å². The number of nitrogens with two attached hydrogens (primary N) is 1. The molecule has 1 aromatic rings. The molecular formula is C10H16N4O3S. The van der Waals surface area contributed by atoms with E-state index >= 15 is 0 Å². The van der Waals surface area contributed by atoms with Crippen LogP contribution in [0.2, 0.25) is 0 Å². The molecule has 0 aliphatic heterocycles. The Labute approximate surface area is 106 Å². The number of carbonyl (C=O) groups is 1. The molecular weight excluding hydrogens is 256 g/mol. The molecule has 1 rings (SSSR count). The highest BCUT2D eigenvalue weighted by molar-refractivity contribution is 7.89. The van der Waals surface area contributed by atoms with Crippen LogP contribution in [0.1, 0.15) is 13.3 Å². The Hall–Kier alpha value is -1.67. The normalized spacial score (nSPS) is 11.2. The minimum absolute atomic E-state index is 0.0392. The van der Waals surface area contributed by atoms with Gasteiger partial charge in [-0.15, -0.1) is 0 Å². The monoisotopic (exact) mass is 272 g/mol. The van der Waals surface area contributed by atoms with Crippen molar-refractivity contribution >= 4 is 21.7 Å². The fraction of sp³-hybridized carbons (Fsp3) is 0.400. The van der Waals surface area contributed by atoms with Crippen molar-refractivity contribution in [2.45, 2.75) is 18.2 Å². The molecule has 0 fully saturated rings. The van der Waals surface area contributed by atoms with Crippen LogP contribution in [0.25, 0.3) is 0 Å². The zero-order valence-electron chi connectivity index (χ0n) is 10.0. The van der Waals surface area contributed by atoms with Crippen LogP contribution >= 0.6 is 0 Å². The van der Waals surface area contributed by atoms with E-state index in [9.17, 15) is 13.2 Å². The van der Waals surface area contributed by atoms with Gasteiger partial charge in [0.2, 0.25) is 15.9 Å². The Bertz CT molecular complexity index is 516. The van der Waals surface area contributed by atoms with Gasteiger partial charge in [-0.1, -0.05) is 6.92 Å². The molecule has 0 saturated heterocycles. The van der Waals surface area contributed by atoms with Gasteiger partial charge in [-0.3, -0.25) is 4.79 Å². The van der Waals surface area contributed by atoms with Gasteiger partial charge in [0.05, 0.1) is 11.4 Å². The largest absolute Gasteiger partial charge is 0.370 e. The Morgan fingerprint density at radius 1 is 1.50 bits per heavy atom. The van der Waals surface area contributed by atoms with Crippen molar-refractivity contribution < 1.29 is 13.2 Å². The van der Waals surface area contributed by atoms with Crippen LogP contribution in [0.4, 0.5) is 5.82 Å². The summed E-state index contributed by atoms with van der Waals surface area (Å²) in [5, 5.41) is 2.98. The van der Waals surface area contributed by atoms with Crippen LogP contribution in [0.5, 0.6) is 0 Å². The molecule has 1 amide bonds. The number of primary amides is 1. The SMILES string of the molecule is CCCNc1cc(S(=O)(=O)NCC(N)=O)ccn1. The third-order valence-corrected chi connectivity index (χ3v) is 3.43. The third kappa shape index (κ3) is 4.30. The molecule has 18 heavy (non-hydrogen) atoms. The highest BCUT2D eigenvalue weighted by atomic mass is 32.2. The van der Waals surface area contributed by atoms with Crippen LogP contribution in [0, 0.1) is 0 Å². The van der Waals surface area contributed by atoms with E-state index in [0.717, 1.165) is 6.42 Å². The van der Waals surface area contributed by atoms with E-state index in [4.69, 9.17) is 5.73 Å². The number of amides is 1. The van der Waals surface area contributed by atoms with Gasteiger partial charge in [-0.25, -0.2) is 18.1 Å². The molecule has 0 radical (unpaired) electrons. The van der Waals surface area contributed by atoms with Gasteiger partial charge in [0.15, 0.2) is 0 Å². The van der Waals surface area contributed by atoms with Gasteiger partial charge < -0.3 is 11.1 Å². The van der Waals surface area contributed by atoms with E-state index in [1.807, 2.05) is 6.92 Å². The summed E-state index contributed by atoms with van der Waals surface area (Å²) in [5.74, 6) is -0.268. The first-order chi connectivity index (χ1) is 8.45. The summed E-state index contributed by atoms with van der Waals surface area (Å²) in [6, 6.07) is 2.75. The summed E-state index contributed by atoms with van der Waals surface area (Å²) in [6.07, 6.45) is 2.29. The first-order valence-electron chi connectivity index (χ1n) is 5.43. The number of rotatable bonds is 7. The molecule has 0 spiro atoms. The number of hydrogen-bond donors (Lipinski definition) is 3. The number of carbonyl (C=O) groups excluding carboxylic acids is 1. The average molecular weight is 272 g/mol. The second-order valence-electron chi connectivity index (χ2n) is 3.59. The molecule has 0 saturated carbocycles. The fourth-order valence-electron chi connectivity index (χ4n) is 1.18. The van der Waals surface area contributed by atoms with E-state index < -0.39 is 22.5 Å². The summed E-state index contributed by atoms with van der Waals surface area (Å²) in [5.41, 5.74) is 4.88. The van der Waals surface area contributed by atoms with E-state index in [-0.39, 0.29) is 4.90 Å². The van der Waals surface area contributed by atoms with Crippen molar-refractivity contribution in [1.82, 2.24) is 9.71 Å². The smallest absolute Gasteiger partial charge is 0.241 e. The van der Waals surface area contributed by atoms with Crippen molar-refractivity contribution in [1.29, 1.82) is 0 Å². The van der Waals surface area contributed by atoms with Crippen molar-refractivity contribution in [2.24, 2.45) is 5.73 Å². The molecule has 0 unspecified atom stereocenters. The Morgan fingerprint density at radius 3 is 2.83 bits per heavy atom. The van der Waals surface area contributed by atoms with Gasteiger partial charge in [0.1, 0.15) is 5.82 Å². The number of anilines is 1. The lowest BCUT2D eigenvalue weighted by Crippen LogP contribution is -2.33. The summed E-state index contributed by atoms with van der Waals surface area (Å²) in [6.45, 7) is 2.26. The van der Waals surface area contributed by atoms with Gasteiger partial charge in [-0.2, -0.15) is 0 Å². The standard InChI is InChI=1S/C10H16N4O3S/c1-2-4-12-10-6-8(3-5-13-10)18(16,17)14-7-9(11)15/h3,5-6,14H,2,4,7H2,1H3,(H2,11,15)(H,12,13). The van der Waals surface area contributed by atoms with Gasteiger partial charge in [0.25, 0.3) is 0 Å². The number of sulfonamides is 1. The second-order valence-corrected chi connectivity index (χ2v) is 5.36. The molecule has 1 heterocycles. The quantitative estimate of drug-likeness (QED) is 0.628. The Balaban J connectivity index is 2.84. The lowest BCUT2D eigenvalue weighted by Gasteiger charge is -2.07. The van der Waals surface area contributed by atoms with Gasteiger partial charge >= 0.3 is 0 Å². The second kappa shape index (κ2) is 6.31. The van der Waals surface area contributed by atoms with Crippen molar-refractivity contribution in [2.75, 3.05) is 18.4 Å². The van der Waals surface area contributed by atoms with E-state index in [1.54, 1.807) is 0 Å². The lowest BCUT2D eigenvalue weighted by molar-refractivity contribution is -0.116. The summed E-state index contributed by atoms with van der Waals surface area (Å²) < 4.78 is 25.7. The molecule has 7 nitrogen and oxygen atoms in total. The van der Waals surface area contributed by atoms with Gasteiger partial charge in [0, 0.05) is 18.8 Å². The van der Waals surface area contributed by atoms with E-state index in [1.165, 1.54) is 18.3 Å². The molecule has 0 bridgehead atoms. The Kier molecular flexibility index (Phi) is 5.05. The molecule has 1 aromatic heterocycles. The summed E-state index contributed by atoms with van der Waals surface area (Å²) in [7, 11) is -3.73. The van der Waals surface area contributed by atoms with Crippen molar-refractivity contribution in [3.05, 3.63) is 18.3 Å². The number of nitrogens with zero attached hydrogens (tertiary/aromatic N) is 1. The highest BCUT2D eigenvalue weighted by Crippen LogP contribution is 2.12. The molecule has 0 aliphatic rings. The minimum atomic E-state index is -3.73. The molecule has 0 aromatic carbocycles. The first kappa shape index (κ1) is 14.4. The molecule has 0 atom stereocenters. The maximum atomic E-state index is 11.8. The van der Waals surface area contributed by atoms with Crippen LogP contribution in [0.15, 0.2) is 23.2 Å². The molecule has 4 N–H and O–H groups in total. The maximum Gasteiger partial charge on any atom is 0.241 e. The predicted molar refractivity (Wildman–Crippen MR) is 67.4 cm³/mol. The topological polar surface area (TPSA) is 114 Å². The van der Waals surface area contributed by atoms with E-state index in [0.29, 0.717) is 12.4 Å². The minimum Gasteiger partial charge on any atom is -0.370 e. The lowest BCUT2D eigenvalue weighted by atomic mass is 10.4. The van der Waals surface area contributed by atoms with Crippen molar-refractivity contribution in [3.63, 3.8) is 0 Å². The number of aromatic nitrogens is 1. The van der Waals surface area contributed by atoms with Crippen molar-refractivity contribution in [3.8, 4) is 0 Å². The summed E-state index contributed by atoms with van der Waals surface area (Å²) in [4.78, 5) is 14.6. The molecule has 100 valence electrons. The average Bonchev–Trinajstić information content (AvgIpc) is 2.34. The fourth-order valence-corrected chi connectivity index (χ4v) is 2.18. The predicted octanol–water partition coefficient (Wildman–Crippen LogP) is -0.333. The maximum absolute atomic E-state index is 11.8. The third-order valence-electron chi connectivity index (χ3n) is 2.03. The van der Waals surface area contributed by atoms with Gasteiger partial charge in [-0.05, 0) is 12.5 Å². The Morgan fingerprint density at radius 2 is 2.22 bits per heavy atom. The zero-order valence-corrected chi connectivity index (χ0v) is 10.8. The number of pyridine rings is 1. The molecule has 8 heteroatoms. The molecule has 0 aliphatic carbocycles. The zero-order chi connectivity index (χ0) is 13.6. The summed E-state index contributed by atoms with van der Waals surface area (Å²) >= 11 is 0. The number of nitrogens with one attached hydrogen (secondary N) is 2.